The molecule has 0 unspecified atom stereocenters. The number of hydrogen-bond acceptors (Lipinski definition) is 5. The summed E-state index contributed by atoms with van der Waals surface area (Å²) in [6, 6.07) is 9.19. The van der Waals surface area contributed by atoms with Crippen LogP contribution in [0.2, 0.25) is 0 Å². The Morgan fingerprint density at radius 2 is 1.88 bits per heavy atom. The maximum Gasteiger partial charge on any atom is 0.348 e. The lowest BCUT2D eigenvalue weighted by Crippen LogP contribution is -2.21. The van der Waals surface area contributed by atoms with Gasteiger partial charge >= 0.3 is 5.97 Å². The Bertz CT molecular complexity index is 774. The van der Waals surface area contributed by atoms with Crippen LogP contribution >= 0.6 is 11.3 Å². The molecule has 6 heteroatoms. The van der Waals surface area contributed by atoms with Gasteiger partial charge in [0.1, 0.15) is 10.6 Å². The minimum atomic E-state index is -0.497. The second-order valence-electron chi connectivity index (χ2n) is 6.70. The van der Waals surface area contributed by atoms with E-state index in [2.05, 4.69) is 26.1 Å². The normalized spacial score (nSPS) is 11.1. The van der Waals surface area contributed by atoms with Crippen LogP contribution in [0.15, 0.2) is 30.3 Å². The van der Waals surface area contributed by atoms with Crippen molar-refractivity contribution >= 4 is 28.9 Å². The molecule has 0 saturated heterocycles. The van der Waals surface area contributed by atoms with Crippen LogP contribution in [-0.2, 0) is 14.9 Å². The quantitative estimate of drug-likeness (QED) is 0.812. The largest absolute Gasteiger partial charge is 0.495 e. The molecule has 1 amide bonds. The molecule has 0 spiro atoms. The third-order valence-corrected chi connectivity index (χ3v) is 4.60. The molecule has 0 atom stereocenters. The molecule has 25 heavy (non-hydrogen) atoms. The predicted octanol–water partition coefficient (Wildman–Crippen LogP) is 4.16. The van der Waals surface area contributed by atoms with E-state index >= 15 is 0 Å². The first kappa shape index (κ1) is 19.0. The molecule has 0 aliphatic rings. The molecule has 0 radical (unpaired) electrons. The van der Waals surface area contributed by atoms with Gasteiger partial charge in [-0.3, -0.25) is 4.79 Å². The van der Waals surface area contributed by atoms with Crippen LogP contribution < -0.4 is 10.1 Å². The summed E-state index contributed by atoms with van der Waals surface area (Å²) in [6.07, 6.45) is 0. The number of anilines is 1. The summed E-state index contributed by atoms with van der Waals surface area (Å²) in [5.74, 6) is -0.351. The number of aryl methyl sites for hydroxylation is 1. The fourth-order valence-electron chi connectivity index (χ4n) is 2.20. The van der Waals surface area contributed by atoms with Crippen LogP contribution in [-0.4, -0.2) is 25.6 Å². The predicted molar refractivity (Wildman–Crippen MR) is 99.7 cm³/mol. The van der Waals surface area contributed by atoms with Gasteiger partial charge in [-0.2, -0.15) is 0 Å². The molecule has 2 rings (SSSR count). The van der Waals surface area contributed by atoms with E-state index in [0.717, 1.165) is 10.4 Å². The number of rotatable bonds is 5. The Kier molecular flexibility index (Phi) is 5.85. The molecular weight excluding hydrogens is 338 g/mol. The van der Waals surface area contributed by atoms with Crippen molar-refractivity contribution in [1.82, 2.24) is 0 Å². The van der Waals surface area contributed by atoms with Crippen molar-refractivity contribution in [2.75, 3.05) is 19.0 Å². The molecule has 134 valence electrons. The Morgan fingerprint density at radius 3 is 2.44 bits per heavy atom. The van der Waals surface area contributed by atoms with Crippen molar-refractivity contribution in [2.24, 2.45) is 0 Å². The molecule has 1 N–H and O–H groups in total. The molecule has 0 saturated carbocycles. The minimum absolute atomic E-state index is 0.0603. The summed E-state index contributed by atoms with van der Waals surface area (Å²) in [5, 5.41) is 2.75. The van der Waals surface area contributed by atoms with E-state index in [1.807, 2.05) is 31.2 Å². The van der Waals surface area contributed by atoms with Crippen LogP contribution in [0.5, 0.6) is 5.75 Å². The minimum Gasteiger partial charge on any atom is -0.495 e. The highest BCUT2D eigenvalue weighted by molar-refractivity contribution is 7.13. The van der Waals surface area contributed by atoms with Crippen molar-refractivity contribution < 1.29 is 19.1 Å². The van der Waals surface area contributed by atoms with Crippen LogP contribution in [0.4, 0.5) is 5.69 Å². The molecule has 0 aliphatic carbocycles. The molecular formula is C19H23NO4S. The standard InChI is InChI=1S/C19H23NO4S/c1-12-6-9-16(25-12)18(22)24-11-17(21)20-14-10-13(19(2,3)4)7-8-15(14)23-5/h6-10H,11H2,1-5H3,(H,20,21). The van der Waals surface area contributed by atoms with Gasteiger partial charge < -0.3 is 14.8 Å². The summed E-state index contributed by atoms with van der Waals surface area (Å²) < 4.78 is 10.4. The van der Waals surface area contributed by atoms with E-state index in [1.54, 1.807) is 13.2 Å². The van der Waals surface area contributed by atoms with Crippen LogP contribution in [0.1, 0.15) is 40.9 Å². The van der Waals surface area contributed by atoms with Crippen molar-refractivity contribution in [3.05, 3.63) is 45.6 Å². The number of ether oxygens (including phenoxy) is 2. The summed E-state index contributed by atoms with van der Waals surface area (Å²) in [5.41, 5.74) is 1.56. The summed E-state index contributed by atoms with van der Waals surface area (Å²) in [7, 11) is 1.54. The van der Waals surface area contributed by atoms with Gasteiger partial charge in [-0.15, -0.1) is 11.3 Å². The number of hydrogen-bond donors (Lipinski definition) is 1. The van der Waals surface area contributed by atoms with E-state index in [9.17, 15) is 9.59 Å². The lowest BCUT2D eigenvalue weighted by molar-refractivity contribution is -0.119. The second-order valence-corrected chi connectivity index (χ2v) is 7.99. The van der Waals surface area contributed by atoms with Crippen LogP contribution in [0.3, 0.4) is 0 Å². The monoisotopic (exact) mass is 361 g/mol. The lowest BCUT2D eigenvalue weighted by Gasteiger charge is -2.21. The highest BCUT2D eigenvalue weighted by atomic mass is 32.1. The number of carbonyl (C=O) groups excluding carboxylic acids is 2. The van der Waals surface area contributed by atoms with Crippen molar-refractivity contribution in [3.8, 4) is 5.75 Å². The average Bonchev–Trinajstić information content (AvgIpc) is 2.98. The number of thiophene rings is 1. The van der Waals surface area contributed by atoms with Gasteiger partial charge in [0.25, 0.3) is 5.91 Å². The van der Waals surface area contributed by atoms with Gasteiger partial charge in [-0.25, -0.2) is 4.79 Å². The first-order valence-electron chi connectivity index (χ1n) is 7.92. The average molecular weight is 361 g/mol. The van der Waals surface area contributed by atoms with Crippen molar-refractivity contribution in [2.45, 2.75) is 33.1 Å². The molecule has 2 aromatic rings. The third-order valence-electron chi connectivity index (χ3n) is 3.62. The van der Waals surface area contributed by atoms with E-state index < -0.39 is 11.9 Å². The zero-order chi connectivity index (χ0) is 18.6. The zero-order valence-corrected chi connectivity index (χ0v) is 16.0. The fourth-order valence-corrected chi connectivity index (χ4v) is 2.97. The first-order valence-corrected chi connectivity index (χ1v) is 8.74. The van der Waals surface area contributed by atoms with Gasteiger partial charge in [0.2, 0.25) is 0 Å². The number of methoxy groups -OCH3 is 1. The SMILES string of the molecule is COc1ccc(C(C)(C)C)cc1NC(=O)COC(=O)c1ccc(C)s1. The topological polar surface area (TPSA) is 64.6 Å². The Morgan fingerprint density at radius 1 is 1.16 bits per heavy atom. The number of carbonyl (C=O) groups is 2. The van der Waals surface area contributed by atoms with Gasteiger partial charge in [-0.1, -0.05) is 26.8 Å². The van der Waals surface area contributed by atoms with Gasteiger partial charge in [0, 0.05) is 4.88 Å². The zero-order valence-electron chi connectivity index (χ0n) is 15.1. The number of benzene rings is 1. The Labute approximate surface area is 152 Å². The van der Waals surface area contributed by atoms with E-state index in [1.165, 1.54) is 11.3 Å². The Balaban J connectivity index is 2.03. The maximum absolute atomic E-state index is 12.1. The smallest absolute Gasteiger partial charge is 0.348 e. The molecule has 1 aromatic carbocycles. The molecule has 0 aliphatic heterocycles. The molecule has 1 heterocycles. The van der Waals surface area contributed by atoms with Crippen molar-refractivity contribution in [1.29, 1.82) is 0 Å². The molecule has 5 nitrogen and oxygen atoms in total. The molecule has 0 fully saturated rings. The van der Waals surface area contributed by atoms with Crippen LogP contribution in [0, 0.1) is 6.92 Å². The molecule has 1 aromatic heterocycles. The van der Waals surface area contributed by atoms with E-state index in [0.29, 0.717) is 16.3 Å². The third kappa shape index (κ3) is 5.06. The fraction of sp³-hybridized carbons (Fsp3) is 0.368. The summed E-state index contributed by atoms with van der Waals surface area (Å²) in [6.45, 7) is 7.82. The van der Waals surface area contributed by atoms with Gasteiger partial charge in [0.05, 0.1) is 12.8 Å². The van der Waals surface area contributed by atoms with Crippen LogP contribution in [0.25, 0.3) is 0 Å². The molecule has 0 bridgehead atoms. The van der Waals surface area contributed by atoms with E-state index in [4.69, 9.17) is 9.47 Å². The van der Waals surface area contributed by atoms with Crippen molar-refractivity contribution in [3.63, 3.8) is 0 Å². The van der Waals surface area contributed by atoms with Gasteiger partial charge in [0.15, 0.2) is 6.61 Å². The lowest BCUT2D eigenvalue weighted by atomic mass is 9.87. The maximum atomic E-state index is 12.1. The second kappa shape index (κ2) is 7.70. The number of esters is 1. The van der Waals surface area contributed by atoms with Gasteiger partial charge in [-0.05, 0) is 42.2 Å². The Hall–Kier alpha value is -2.34. The van der Waals surface area contributed by atoms with E-state index in [-0.39, 0.29) is 12.0 Å². The first-order chi connectivity index (χ1) is 11.7. The highest BCUT2D eigenvalue weighted by Gasteiger charge is 2.18. The number of nitrogens with one attached hydrogen (secondary N) is 1. The highest BCUT2D eigenvalue weighted by Crippen LogP contribution is 2.31. The number of amides is 1. The summed E-state index contributed by atoms with van der Waals surface area (Å²) >= 11 is 1.34. The summed E-state index contributed by atoms with van der Waals surface area (Å²) in [4.78, 5) is 25.5.